The van der Waals surface area contributed by atoms with E-state index in [1.165, 1.54) is 0 Å². The molecule has 1 aliphatic heterocycles. The van der Waals surface area contributed by atoms with Crippen molar-refractivity contribution in [3.63, 3.8) is 0 Å². The first kappa shape index (κ1) is 16.5. The number of rotatable bonds is 5. The highest BCUT2D eigenvalue weighted by atomic mass is 16.5. The first-order valence-electron chi connectivity index (χ1n) is 7.51. The second-order valence-corrected chi connectivity index (χ2v) is 5.65. The Balaban J connectivity index is 1.72. The van der Waals surface area contributed by atoms with Gasteiger partial charge in [-0.3, -0.25) is 9.59 Å². The highest BCUT2D eigenvalue weighted by Crippen LogP contribution is 2.17. The number of hydrogen-bond donors (Lipinski definition) is 3. The van der Waals surface area contributed by atoms with Crippen molar-refractivity contribution in [3.8, 4) is 0 Å². The molecule has 1 aromatic rings. The molecular formula is C16H23N3O3. The summed E-state index contributed by atoms with van der Waals surface area (Å²) in [5.74, 6) is -0.327. The molecule has 0 aromatic heterocycles. The minimum atomic E-state index is -0.848. The lowest BCUT2D eigenvalue weighted by Crippen LogP contribution is -2.57. The van der Waals surface area contributed by atoms with Crippen LogP contribution >= 0.6 is 0 Å². The van der Waals surface area contributed by atoms with Gasteiger partial charge in [0.2, 0.25) is 5.91 Å². The fraction of sp³-hybridized carbons (Fsp3) is 0.500. The van der Waals surface area contributed by atoms with Gasteiger partial charge in [0, 0.05) is 31.9 Å². The molecule has 6 heteroatoms. The molecule has 0 saturated carbocycles. The van der Waals surface area contributed by atoms with Gasteiger partial charge in [0.25, 0.3) is 5.91 Å². The fourth-order valence-electron chi connectivity index (χ4n) is 2.38. The van der Waals surface area contributed by atoms with E-state index in [-0.39, 0.29) is 11.8 Å². The maximum absolute atomic E-state index is 12.1. The van der Waals surface area contributed by atoms with E-state index in [1.807, 2.05) is 25.1 Å². The van der Waals surface area contributed by atoms with Crippen molar-refractivity contribution in [1.82, 2.24) is 10.6 Å². The average molecular weight is 305 g/mol. The molecule has 1 fully saturated rings. The Bertz CT molecular complexity index is 539. The molecule has 0 spiro atoms. The number of amides is 2. The maximum atomic E-state index is 12.1. The van der Waals surface area contributed by atoms with E-state index < -0.39 is 5.54 Å². The summed E-state index contributed by atoms with van der Waals surface area (Å²) in [6.45, 7) is 3.68. The topological polar surface area (TPSA) is 93.5 Å². The predicted molar refractivity (Wildman–Crippen MR) is 83.5 cm³/mol. The van der Waals surface area contributed by atoms with E-state index in [0.717, 1.165) is 5.56 Å². The van der Waals surface area contributed by atoms with Gasteiger partial charge < -0.3 is 21.1 Å². The first-order valence-corrected chi connectivity index (χ1v) is 7.51. The van der Waals surface area contributed by atoms with Crippen LogP contribution < -0.4 is 16.4 Å². The molecule has 0 aliphatic carbocycles. The summed E-state index contributed by atoms with van der Waals surface area (Å²) in [6.07, 6.45) is 1.04. The molecule has 4 N–H and O–H groups in total. The highest BCUT2D eigenvalue weighted by Gasteiger charge is 2.35. The van der Waals surface area contributed by atoms with Crippen LogP contribution in [0.25, 0.3) is 0 Å². The number of nitrogens with one attached hydrogen (secondary N) is 2. The van der Waals surface area contributed by atoms with Crippen molar-refractivity contribution in [2.45, 2.75) is 25.3 Å². The zero-order chi connectivity index (χ0) is 16.0. The van der Waals surface area contributed by atoms with Crippen LogP contribution in [0.15, 0.2) is 24.3 Å². The number of ether oxygens (including phenoxy) is 1. The molecule has 1 saturated heterocycles. The second kappa shape index (κ2) is 7.38. The molecule has 2 amide bonds. The third-order valence-electron chi connectivity index (χ3n) is 3.81. The van der Waals surface area contributed by atoms with E-state index in [2.05, 4.69) is 10.6 Å². The Labute approximate surface area is 130 Å². The van der Waals surface area contributed by atoms with Gasteiger partial charge in [-0.1, -0.05) is 17.7 Å². The molecule has 0 atom stereocenters. The molecule has 1 aliphatic rings. The Morgan fingerprint density at radius 1 is 1.23 bits per heavy atom. The van der Waals surface area contributed by atoms with Crippen LogP contribution in [0, 0.1) is 6.92 Å². The lowest BCUT2D eigenvalue weighted by atomic mass is 9.90. The molecule has 120 valence electrons. The van der Waals surface area contributed by atoms with Crippen molar-refractivity contribution in [1.29, 1.82) is 0 Å². The summed E-state index contributed by atoms with van der Waals surface area (Å²) in [5.41, 5.74) is 6.87. The van der Waals surface area contributed by atoms with Crippen LogP contribution in [0.5, 0.6) is 0 Å². The standard InChI is InChI=1S/C16H23N3O3/c1-12-3-2-4-13(11-12)14(20)18-7-8-19-15(21)16(17)5-9-22-10-6-16/h2-4,11H,5-10,17H2,1H3,(H,18,20)(H,19,21). The highest BCUT2D eigenvalue weighted by molar-refractivity contribution is 5.94. The van der Waals surface area contributed by atoms with Crippen molar-refractivity contribution >= 4 is 11.8 Å². The molecule has 1 aromatic carbocycles. The van der Waals surface area contributed by atoms with E-state index in [4.69, 9.17) is 10.5 Å². The van der Waals surface area contributed by atoms with Gasteiger partial charge in [-0.15, -0.1) is 0 Å². The summed E-state index contributed by atoms with van der Waals surface area (Å²) in [4.78, 5) is 24.0. The normalized spacial score (nSPS) is 16.8. The van der Waals surface area contributed by atoms with E-state index >= 15 is 0 Å². The van der Waals surface area contributed by atoms with Gasteiger partial charge in [0.05, 0.1) is 5.54 Å². The summed E-state index contributed by atoms with van der Waals surface area (Å²) in [7, 11) is 0. The maximum Gasteiger partial charge on any atom is 0.251 e. The van der Waals surface area contributed by atoms with Gasteiger partial charge >= 0.3 is 0 Å². The van der Waals surface area contributed by atoms with E-state index in [1.54, 1.807) is 6.07 Å². The third-order valence-corrected chi connectivity index (χ3v) is 3.81. The lowest BCUT2D eigenvalue weighted by Gasteiger charge is -2.31. The summed E-state index contributed by atoms with van der Waals surface area (Å²) < 4.78 is 5.21. The molecular weight excluding hydrogens is 282 g/mol. The molecule has 22 heavy (non-hydrogen) atoms. The van der Waals surface area contributed by atoms with Crippen molar-refractivity contribution in [3.05, 3.63) is 35.4 Å². The zero-order valence-corrected chi connectivity index (χ0v) is 12.9. The number of carbonyl (C=O) groups excluding carboxylic acids is 2. The molecule has 0 bridgehead atoms. The second-order valence-electron chi connectivity index (χ2n) is 5.65. The van der Waals surface area contributed by atoms with Crippen molar-refractivity contribution in [2.75, 3.05) is 26.3 Å². The van der Waals surface area contributed by atoms with Crippen LogP contribution in [0.3, 0.4) is 0 Å². The average Bonchev–Trinajstić information content (AvgIpc) is 2.51. The number of carbonyl (C=O) groups is 2. The molecule has 0 radical (unpaired) electrons. The molecule has 1 heterocycles. The number of nitrogens with two attached hydrogens (primary N) is 1. The van der Waals surface area contributed by atoms with Gasteiger partial charge in [-0.25, -0.2) is 0 Å². The monoisotopic (exact) mass is 305 g/mol. The van der Waals surface area contributed by atoms with Crippen LogP contribution in [0.2, 0.25) is 0 Å². The van der Waals surface area contributed by atoms with Crippen LogP contribution in [0.4, 0.5) is 0 Å². The van der Waals surface area contributed by atoms with Gasteiger partial charge in [0.15, 0.2) is 0 Å². The van der Waals surface area contributed by atoms with E-state index in [0.29, 0.717) is 44.7 Å². The molecule has 2 rings (SSSR count). The smallest absolute Gasteiger partial charge is 0.251 e. The SMILES string of the molecule is Cc1cccc(C(=O)NCCNC(=O)C2(N)CCOCC2)c1. The van der Waals surface area contributed by atoms with Crippen LogP contribution in [-0.4, -0.2) is 43.7 Å². The minimum absolute atomic E-state index is 0.147. The Morgan fingerprint density at radius 3 is 2.59 bits per heavy atom. The quantitative estimate of drug-likeness (QED) is 0.684. The van der Waals surface area contributed by atoms with Gasteiger partial charge in [0.1, 0.15) is 0 Å². The number of aryl methyl sites for hydroxylation is 1. The predicted octanol–water partition coefficient (Wildman–Crippen LogP) is 0.349. The fourth-order valence-corrected chi connectivity index (χ4v) is 2.38. The van der Waals surface area contributed by atoms with Crippen LogP contribution in [-0.2, 0) is 9.53 Å². The zero-order valence-electron chi connectivity index (χ0n) is 12.9. The summed E-state index contributed by atoms with van der Waals surface area (Å²) >= 11 is 0. The Morgan fingerprint density at radius 2 is 1.91 bits per heavy atom. The molecule has 0 unspecified atom stereocenters. The van der Waals surface area contributed by atoms with E-state index in [9.17, 15) is 9.59 Å². The van der Waals surface area contributed by atoms with Gasteiger partial charge in [-0.05, 0) is 31.9 Å². The van der Waals surface area contributed by atoms with Gasteiger partial charge in [-0.2, -0.15) is 0 Å². The Hall–Kier alpha value is -1.92. The lowest BCUT2D eigenvalue weighted by molar-refractivity contribution is -0.129. The largest absolute Gasteiger partial charge is 0.381 e. The van der Waals surface area contributed by atoms with Crippen molar-refractivity contribution in [2.24, 2.45) is 5.73 Å². The number of hydrogen-bond acceptors (Lipinski definition) is 4. The number of benzene rings is 1. The van der Waals surface area contributed by atoms with Crippen LogP contribution in [0.1, 0.15) is 28.8 Å². The summed E-state index contributed by atoms with van der Waals surface area (Å²) in [6, 6.07) is 7.36. The Kier molecular flexibility index (Phi) is 5.51. The first-order chi connectivity index (χ1) is 10.5. The molecule has 6 nitrogen and oxygen atoms in total. The minimum Gasteiger partial charge on any atom is -0.381 e. The van der Waals surface area contributed by atoms with Crippen molar-refractivity contribution < 1.29 is 14.3 Å². The third kappa shape index (κ3) is 4.29. The summed E-state index contributed by atoms with van der Waals surface area (Å²) in [5, 5.41) is 5.55.